The van der Waals surface area contributed by atoms with Crippen LogP contribution in [0.25, 0.3) is 0 Å². The SMILES string of the molecule is C[C@H]1C[C@H](C)CN(c2nc(N)c([N+](=O)[O-])c(N3CCC(Cc4ccccc4)CC3)n2)C1. The van der Waals surface area contributed by atoms with Crippen molar-refractivity contribution in [3.05, 3.63) is 46.0 Å². The third-order valence-electron chi connectivity index (χ3n) is 6.50. The molecule has 2 fully saturated rings. The minimum Gasteiger partial charge on any atom is -0.378 e. The monoisotopic (exact) mass is 424 g/mol. The maximum atomic E-state index is 11.8. The largest absolute Gasteiger partial charge is 0.378 e. The summed E-state index contributed by atoms with van der Waals surface area (Å²) in [5, 5.41) is 11.8. The molecule has 0 saturated carbocycles. The Morgan fingerprint density at radius 2 is 1.71 bits per heavy atom. The quantitative estimate of drug-likeness (QED) is 0.573. The summed E-state index contributed by atoms with van der Waals surface area (Å²) in [7, 11) is 0. The molecule has 8 nitrogen and oxygen atoms in total. The van der Waals surface area contributed by atoms with Gasteiger partial charge in [-0.05, 0) is 49.0 Å². The van der Waals surface area contributed by atoms with Gasteiger partial charge < -0.3 is 15.5 Å². The van der Waals surface area contributed by atoms with E-state index in [2.05, 4.69) is 48.0 Å². The van der Waals surface area contributed by atoms with Gasteiger partial charge in [-0.1, -0.05) is 44.2 Å². The highest BCUT2D eigenvalue weighted by Gasteiger charge is 2.32. The molecule has 2 atom stereocenters. The number of benzene rings is 1. The molecule has 2 aliphatic rings. The van der Waals surface area contributed by atoms with Crippen LogP contribution >= 0.6 is 0 Å². The molecule has 2 saturated heterocycles. The van der Waals surface area contributed by atoms with Crippen molar-refractivity contribution in [2.45, 2.75) is 39.5 Å². The zero-order chi connectivity index (χ0) is 22.0. The second-order valence-corrected chi connectivity index (χ2v) is 9.31. The zero-order valence-corrected chi connectivity index (χ0v) is 18.4. The van der Waals surface area contributed by atoms with Crippen LogP contribution in [-0.2, 0) is 6.42 Å². The number of anilines is 3. The van der Waals surface area contributed by atoms with Crippen LogP contribution < -0.4 is 15.5 Å². The van der Waals surface area contributed by atoms with E-state index in [9.17, 15) is 10.1 Å². The lowest BCUT2D eigenvalue weighted by Crippen LogP contribution is -2.40. The zero-order valence-electron chi connectivity index (χ0n) is 18.4. The standard InChI is InChI=1S/C23H32N6O2/c1-16-12-17(2)15-28(14-16)23-25-21(24)20(29(30)31)22(26-23)27-10-8-19(9-11-27)13-18-6-4-3-5-7-18/h3-7,16-17,19H,8-15H2,1-2H3,(H2,24,25,26)/t16-,17-/m0/s1. The lowest BCUT2D eigenvalue weighted by Gasteiger charge is -2.36. The first-order valence-electron chi connectivity index (χ1n) is 11.3. The summed E-state index contributed by atoms with van der Waals surface area (Å²) in [6.07, 6.45) is 4.16. The van der Waals surface area contributed by atoms with E-state index in [-0.39, 0.29) is 11.5 Å². The fraction of sp³-hybridized carbons (Fsp3) is 0.565. The molecule has 2 N–H and O–H groups in total. The average molecular weight is 425 g/mol. The van der Waals surface area contributed by atoms with Gasteiger partial charge in [0.15, 0.2) is 0 Å². The maximum absolute atomic E-state index is 11.8. The van der Waals surface area contributed by atoms with E-state index in [0.717, 1.165) is 45.4 Å². The number of hydrogen-bond acceptors (Lipinski definition) is 7. The fourth-order valence-electron chi connectivity index (χ4n) is 5.11. The van der Waals surface area contributed by atoms with Gasteiger partial charge in [0.1, 0.15) is 0 Å². The van der Waals surface area contributed by atoms with E-state index in [4.69, 9.17) is 10.7 Å². The smallest absolute Gasteiger partial charge is 0.353 e. The first kappa shape index (κ1) is 21.3. The second kappa shape index (κ2) is 9.08. The van der Waals surface area contributed by atoms with Crippen LogP contribution in [0.2, 0.25) is 0 Å². The topological polar surface area (TPSA) is 101 Å². The Bertz CT molecular complexity index is 904. The summed E-state index contributed by atoms with van der Waals surface area (Å²) in [4.78, 5) is 24.5. The predicted octanol–water partition coefficient (Wildman–Crippen LogP) is 3.91. The van der Waals surface area contributed by atoms with Gasteiger partial charge in [0.25, 0.3) is 0 Å². The first-order chi connectivity index (χ1) is 14.9. The number of nitro groups is 1. The Morgan fingerprint density at radius 1 is 1.06 bits per heavy atom. The molecule has 0 aliphatic carbocycles. The highest BCUT2D eigenvalue weighted by molar-refractivity contribution is 5.71. The Morgan fingerprint density at radius 3 is 2.32 bits per heavy atom. The summed E-state index contributed by atoms with van der Waals surface area (Å²) < 4.78 is 0. The lowest BCUT2D eigenvalue weighted by atomic mass is 9.90. The highest BCUT2D eigenvalue weighted by atomic mass is 16.6. The molecule has 4 rings (SSSR count). The van der Waals surface area contributed by atoms with E-state index >= 15 is 0 Å². The molecule has 31 heavy (non-hydrogen) atoms. The second-order valence-electron chi connectivity index (χ2n) is 9.31. The molecule has 2 aromatic rings. The van der Waals surface area contributed by atoms with Gasteiger partial charge in [-0.2, -0.15) is 9.97 Å². The van der Waals surface area contributed by atoms with Gasteiger partial charge in [0, 0.05) is 26.2 Å². The number of aromatic nitrogens is 2. The van der Waals surface area contributed by atoms with Gasteiger partial charge in [-0.3, -0.25) is 10.1 Å². The Kier molecular flexibility index (Phi) is 6.25. The van der Waals surface area contributed by atoms with E-state index in [0.29, 0.717) is 29.5 Å². The number of nitrogens with zero attached hydrogens (tertiary/aromatic N) is 5. The summed E-state index contributed by atoms with van der Waals surface area (Å²) >= 11 is 0. The minimum absolute atomic E-state index is 0.0395. The van der Waals surface area contributed by atoms with Crippen LogP contribution in [0.5, 0.6) is 0 Å². The molecule has 0 amide bonds. The number of nitrogens with two attached hydrogens (primary N) is 1. The van der Waals surface area contributed by atoms with Crippen LogP contribution in [0.4, 0.5) is 23.3 Å². The van der Waals surface area contributed by atoms with Crippen molar-refractivity contribution in [1.82, 2.24) is 9.97 Å². The van der Waals surface area contributed by atoms with Gasteiger partial charge in [-0.25, -0.2) is 0 Å². The normalized spacial score (nSPS) is 22.5. The van der Waals surface area contributed by atoms with Gasteiger partial charge in [0.2, 0.25) is 17.6 Å². The van der Waals surface area contributed by atoms with Gasteiger partial charge in [0.05, 0.1) is 4.92 Å². The average Bonchev–Trinajstić information content (AvgIpc) is 2.73. The van der Waals surface area contributed by atoms with Gasteiger partial charge in [-0.15, -0.1) is 0 Å². The lowest BCUT2D eigenvalue weighted by molar-refractivity contribution is -0.383. The molecule has 3 heterocycles. The molecular formula is C23H32N6O2. The Hall–Kier alpha value is -2.90. The van der Waals surface area contributed by atoms with Crippen LogP contribution in [0.1, 0.15) is 38.7 Å². The van der Waals surface area contributed by atoms with E-state index in [1.54, 1.807) is 0 Å². The van der Waals surface area contributed by atoms with Crippen molar-refractivity contribution in [3.8, 4) is 0 Å². The molecular weight excluding hydrogens is 392 g/mol. The molecule has 0 spiro atoms. The van der Waals surface area contributed by atoms with Gasteiger partial charge >= 0.3 is 5.69 Å². The Balaban J connectivity index is 1.54. The molecule has 1 aromatic heterocycles. The fourth-order valence-corrected chi connectivity index (χ4v) is 5.11. The third-order valence-corrected chi connectivity index (χ3v) is 6.50. The van der Waals surface area contributed by atoms with Crippen molar-refractivity contribution in [2.75, 3.05) is 41.7 Å². The summed E-state index contributed by atoms with van der Waals surface area (Å²) in [5.74, 6) is 2.48. The summed E-state index contributed by atoms with van der Waals surface area (Å²) in [6.45, 7) is 7.61. The number of hydrogen-bond donors (Lipinski definition) is 1. The number of nitrogen functional groups attached to an aromatic ring is 1. The van der Waals surface area contributed by atoms with Crippen molar-refractivity contribution in [1.29, 1.82) is 0 Å². The van der Waals surface area contributed by atoms with E-state index in [1.165, 1.54) is 12.0 Å². The molecule has 0 radical (unpaired) electrons. The summed E-state index contributed by atoms with van der Waals surface area (Å²) in [5.41, 5.74) is 7.27. The van der Waals surface area contributed by atoms with Crippen LogP contribution in [-0.4, -0.2) is 41.1 Å². The molecule has 0 unspecified atom stereocenters. The summed E-state index contributed by atoms with van der Waals surface area (Å²) in [6, 6.07) is 10.5. The van der Waals surface area contributed by atoms with Crippen molar-refractivity contribution in [3.63, 3.8) is 0 Å². The predicted molar refractivity (Wildman–Crippen MR) is 123 cm³/mol. The molecule has 8 heteroatoms. The van der Waals surface area contributed by atoms with Crippen molar-refractivity contribution >= 4 is 23.3 Å². The van der Waals surface area contributed by atoms with Crippen LogP contribution in [0.3, 0.4) is 0 Å². The number of piperidine rings is 2. The van der Waals surface area contributed by atoms with Crippen molar-refractivity contribution in [2.24, 2.45) is 17.8 Å². The third kappa shape index (κ3) is 4.89. The van der Waals surface area contributed by atoms with Crippen molar-refractivity contribution < 1.29 is 4.92 Å². The maximum Gasteiger partial charge on any atom is 0.353 e. The van der Waals surface area contributed by atoms with Crippen LogP contribution in [0.15, 0.2) is 30.3 Å². The molecule has 1 aromatic carbocycles. The first-order valence-corrected chi connectivity index (χ1v) is 11.3. The van der Waals surface area contributed by atoms with E-state index < -0.39 is 4.92 Å². The van der Waals surface area contributed by atoms with Crippen LogP contribution in [0, 0.1) is 27.9 Å². The number of rotatable bonds is 5. The molecule has 166 valence electrons. The highest BCUT2D eigenvalue weighted by Crippen LogP contribution is 2.36. The minimum atomic E-state index is -0.439. The van der Waals surface area contributed by atoms with E-state index in [1.807, 2.05) is 11.0 Å². The molecule has 0 bridgehead atoms. The Labute approximate surface area is 183 Å². The molecule has 2 aliphatic heterocycles.